The maximum atomic E-state index is 12.8. The van der Waals surface area contributed by atoms with Gasteiger partial charge in [0.15, 0.2) is 0 Å². The molecule has 0 aromatic heterocycles. The van der Waals surface area contributed by atoms with Crippen molar-refractivity contribution in [2.24, 2.45) is 0 Å². The van der Waals surface area contributed by atoms with Crippen LogP contribution in [0.4, 0.5) is 10.1 Å². The van der Waals surface area contributed by atoms with E-state index in [0.29, 0.717) is 4.47 Å². The molecule has 0 heterocycles. The van der Waals surface area contributed by atoms with Gasteiger partial charge in [-0.2, -0.15) is 0 Å². The van der Waals surface area contributed by atoms with Crippen molar-refractivity contribution in [1.82, 2.24) is 0 Å². The third-order valence-corrected chi connectivity index (χ3v) is 4.45. The molecule has 2 aromatic carbocycles. The average molecular weight is 374 g/mol. The van der Waals surface area contributed by atoms with E-state index in [1.807, 2.05) is 0 Å². The van der Waals surface area contributed by atoms with E-state index in [2.05, 4.69) is 20.7 Å². The van der Waals surface area contributed by atoms with Crippen LogP contribution in [0.1, 0.15) is 10.4 Å². The minimum Gasteiger partial charge on any atom is -0.478 e. The first-order chi connectivity index (χ1) is 9.79. The molecule has 0 amide bonds. The van der Waals surface area contributed by atoms with Gasteiger partial charge in [-0.1, -0.05) is 15.9 Å². The summed E-state index contributed by atoms with van der Waals surface area (Å²) in [6, 6.07) is 8.32. The Morgan fingerprint density at radius 2 is 1.76 bits per heavy atom. The molecular formula is C13H9BrFNO4S. The molecule has 8 heteroatoms. The fraction of sp³-hybridized carbons (Fsp3) is 0. The number of halogens is 2. The van der Waals surface area contributed by atoms with Crippen molar-refractivity contribution >= 4 is 37.6 Å². The summed E-state index contributed by atoms with van der Waals surface area (Å²) in [4.78, 5) is 11.0. The monoisotopic (exact) mass is 373 g/mol. The lowest BCUT2D eigenvalue weighted by atomic mass is 10.2. The molecule has 2 N–H and O–H groups in total. The lowest BCUT2D eigenvalue weighted by Gasteiger charge is -2.11. The van der Waals surface area contributed by atoms with Gasteiger partial charge in [-0.3, -0.25) is 4.72 Å². The van der Waals surface area contributed by atoms with Crippen LogP contribution < -0.4 is 4.72 Å². The van der Waals surface area contributed by atoms with Gasteiger partial charge in [-0.05, 0) is 42.5 Å². The van der Waals surface area contributed by atoms with E-state index in [-0.39, 0.29) is 16.1 Å². The van der Waals surface area contributed by atoms with E-state index < -0.39 is 21.8 Å². The van der Waals surface area contributed by atoms with Crippen LogP contribution in [-0.4, -0.2) is 19.5 Å². The number of anilines is 1. The number of carboxylic acid groups (broad SMARTS) is 1. The minimum atomic E-state index is -3.99. The molecule has 2 aromatic rings. The highest BCUT2D eigenvalue weighted by Crippen LogP contribution is 2.24. The zero-order valence-corrected chi connectivity index (χ0v) is 12.8. The van der Waals surface area contributed by atoms with Crippen LogP contribution in [0.5, 0.6) is 0 Å². The molecule has 0 saturated carbocycles. The molecule has 0 atom stereocenters. The number of sulfonamides is 1. The summed E-state index contributed by atoms with van der Waals surface area (Å²) in [5.74, 6) is -1.84. The quantitative estimate of drug-likeness (QED) is 0.862. The van der Waals surface area contributed by atoms with Gasteiger partial charge in [0.2, 0.25) is 0 Å². The Morgan fingerprint density at radius 3 is 2.33 bits per heavy atom. The maximum Gasteiger partial charge on any atom is 0.337 e. The van der Waals surface area contributed by atoms with E-state index in [1.54, 1.807) is 0 Å². The van der Waals surface area contributed by atoms with Crippen molar-refractivity contribution in [3.8, 4) is 0 Å². The molecule has 0 radical (unpaired) electrons. The molecule has 21 heavy (non-hydrogen) atoms. The van der Waals surface area contributed by atoms with Crippen molar-refractivity contribution in [3.05, 3.63) is 58.3 Å². The molecule has 0 spiro atoms. The van der Waals surface area contributed by atoms with E-state index in [4.69, 9.17) is 5.11 Å². The van der Waals surface area contributed by atoms with Crippen LogP contribution >= 0.6 is 15.9 Å². The molecule has 0 aliphatic carbocycles. The van der Waals surface area contributed by atoms with Crippen LogP contribution in [0, 0.1) is 5.82 Å². The van der Waals surface area contributed by atoms with Crippen molar-refractivity contribution < 1.29 is 22.7 Å². The number of benzene rings is 2. The van der Waals surface area contributed by atoms with E-state index in [0.717, 1.165) is 24.3 Å². The molecule has 0 aliphatic heterocycles. The Bertz CT molecular complexity index is 790. The Balaban J connectivity index is 2.41. The third kappa shape index (κ3) is 3.59. The normalized spacial score (nSPS) is 11.1. The lowest BCUT2D eigenvalue weighted by molar-refractivity contribution is 0.0698. The topological polar surface area (TPSA) is 83.5 Å². The number of carbonyl (C=O) groups is 1. The van der Waals surface area contributed by atoms with Crippen LogP contribution in [-0.2, 0) is 10.0 Å². The highest BCUT2D eigenvalue weighted by atomic mass is 79.9. The second kappa shape index (κ2) is 5.82. The van der Waals surface area contributed by atoms with Gasteiger partial charge in [0.25, 0.3) is 10.0 Å². The second-order valence-electron chi connectivity index (χ2n) is 4.05. The highest BCUT2D eigenvalue weighted by molar-refractivity contribution is 9.10. The smallest absolute Gasteiger partial charge is 0.337 e. The number of rotatable bonds is 4. The second-order valence-corrected chi connectivity index (χ2v) is 6.65. The Labute approximate surface area is 128 Å². The molecule has 0 fully saturated rings. The van der Waals surface area contributed by atoms with Crippen LogP contribution in [0.3, 0.4) is 0 Å². The summed E-state index contributed by atoms with van der Waals surface area (Å²) in [7, 11) is -3.99. The van der Waals surface area contributed by atoms with Gasteiger partial charge in [-0.25, -0.2) is 17.6 Å². The Hall–Kier alpha value is -1.93. The first-order valence-corrected chi connectivity index (χ1v) is 7.88. The number of aromatic carboxylic acids is 1. The van der Waals surface area contributed by atoms with Crippen molar-refractivity contribution in [2.45, 2.75) is 4.90 Å². The van der Waals surface area contributed by atoms with Crippen LogP contribution in [0.15, 0.2) is 51.8 Å². The summed E-state index contributed by atoms with van der Waals surface area (Å²) in [5.41, 5.74) is -0.273. The predicted molar refractivity (Wildman–Crippen MR) is 78.3 cm³/mol. The summed E-state index contributed by atoms with van der Waals surface area (Å²) in [6.45, 7) is 0. The van der Waals surface area contributed by atoms with E-state index >= 15 is 0 Å². The first-order valence-electron chi connectivity index (χ1n) is 5.61. The van der Waals surface area contributed by atoms with Crippen LogP contribution in [0.2, 0.25) is 0 Å². The SMILES string of the molecule is O=C(O)c1cc(Br)ccc1NS(=O)(=O)c1ccc(F)cc1. The number of hydrogen-bond donors (Lipinski definition) is 2. The molecule has 0 saturated heterocycles. The minimum absolute atomic E-state index is 0.0741. The third-order valence-electron chi connectivity index (χ3n) is 2.58. The standard InChI is InChI=1S/C13H9BrFNO4S/c14-8-1-6-12(11(7-8)13(17)18)16-21(19,20)10-4-2-9(15)3-5-10/h1-7,16H,(H,17,18). The molecule has 2 rings (SSSR count). The zero-order chi connectivity index (χ0) is 15.6. The zero-order valence-electron chi connectivity index (χ0n) is 10.4. The Morgan fingerprint density at radius 1 is 1.14 bits per heavy atom. The largest absolute Gasteiger partial charge is 0.478 e. The van der Waals surface area contributed by atoms with Crippen molar-refractivity contribution in [3.63, 3.8) is 0 Å². The number of hydrogen-bond acceptors (Lipinski definition) is 3. The molecular weight excluding hydrogens is 365 g/mol. The summed E-state index contributed by atoms with van der Waals surface area (Å²) in [5, 5.41) is 9.09. The van der Waals surface area contributed by atoms with Gasteiger partial charge in [-0.15, -0.1) is 0 Å². The van der Waals surface area contributed by atoms with Gasteiger partial charge >= 0.3 is 5.97 Å². The van der Waals surface area contributed by atoms with E-state index in [9.17, 15) is 17.6 Å². The predicted octanol–water partition coefficient (Wildman–Crippen LogP) is 3.09. The highest BCUT2D eigenvalue weighted by Gasteiger charge is 2.18. The van der Waals surface area contributed by atoms with Crippen LogP contribution in [0.25, 0.3) is 0 Å². The maximum absolute atomic E-state index is 12.8. The molecule has 0 aliphatic rings. The fourth-order valence-corrected chi connectivity index (χ4v) is 3.04. The summed E-state index contributed by atoms with van der Waals surface area (Å²) >= 11 is 3.11. The first kappa shape index (κ1) is 15.5. The number of nitrogens with one attached hydrogen (secondary N) is 1. The average Bonchev–Trinajstić information content (AvgIpc) is 2.41. The van der Waals surface area contributed by atoms with Crippen molar-refractivity contribution in [2.75, 3.05) is 4.72 Å². The lowest BCUT2D eigenvalue weighted by Crippen LogP contribution is -2.15. The van der Waals surface area contributed by atoms with Crippen molar-refractivity contribution in [1.29, 1.82) is 0 Å². The van der Waals surface area contributed by atoms with E-state index in [1.165, 1.54) is 18.2 Å². The molecule has 0 unspecified atom stereocenters. The number of carboxylic acids is 1. The van der Waals surface area contributed by atoms with Gasteiger partial charge < -0.3 is 5.11 Å². The van der Waals surface area contributed by atoms with Gasteiger partial charge in [0, 0.05) is 4.47 Å². The molecule has 5 nitrogen and oxygen atoms in total. The molecule has 110 valence electrons. The summed E-state index contributed by atoms with van der Waals surface area (Å²) in [6.07, 6.45) is 0. The fourth-order valence-electron chi connectivity index (χ4n) is 1.60. The van der Waals surface area contributed by atoms with Gasteiger partial charge in [0.05, 0.1) is 16.1 Å². The summed E-state index contributed by atoms with van der Waals surface area (Å²) < 4.78 is 39.8. The van der Waals surface area contributed by atoms with Gasteiger partial charge in [0.1, 0.15) is 5.82 Å². The molecule has 0 bridgehead atoms. The Kier molecular flexibility index (Phi) is 4.29.